The molecule has 1 fully saturated rings. The standard InChI is InChI=1S/C14H14N2O3S2/c17-13(10-3-4-11(21-10)14(18)19)16-6-1-2-9(8-16)12-15-5-7-20-12/h3-5,7,9H,1-2,6,8H2,(H,18,19). The molecule has 1 amide bonds. The van der Waals surface area contributed by atoms with Gasteiger partial charge in [-0.3, -0.25) is 4.79 Å². The number of amides is 1. The van der Waals surface area contributed by atoms with Gasteiger partial charge in [-0.05, 0) is 25.0 Å². The molecule has 3 rings (SSSR count). The van der Waals surface area contributed by atoms with E-state index >= 15 is 0 Å². The van der Waals surface area contributed by atoms with Gasteiger partial charge in [-0.1, -0.05) is 0 Å². The first-order valence-corrected chi connectivity index (χ1v) is 8.36. The van der Waals surface area contributed by atoms with Gasteiger partial charge in [-0.15, -0.1) is 22.7 Å². The molecule has 0 saturated carbocycles. The fourth-order valence-electron chi connectivity index (χ4n) is 2.52. The summed E-state index contributed by atoms with van der Waals surface area (Å²) >= 11 is 2.66. The maximum Gasteiger partial charge on any atom is 0.345 e. The van der Waals surface area contributed by atoms with Crippen LogP contribution in [0.2, 0.25) is 0 Å². The van der Waals surface area contributed by atoms with Gasteiger partial charge < -0.3 is 10.0 Å². The topological polar surface area (TPSA) is 70.5 Å². The van der Waals surface area contributed by atoms with E-state index in [1.165, 1.54) is 6.07 Å². The van der Waals surface area contributed by atoms with E-state index in [9.17, 15) is 9.59 Å². The molecule has 1 saturated heterocycles. The Labute approximate surface area is 129 Å². The third kappa shape index (κ3) is 2.98. The summed E-state index contributed by atoms with van der Waals surface area (Å²) in [5.41, 5.74) is 0. The Bertz CT molecular complexity index is 651. The zero-order chi connectivity index (χ0) is 14.8. The maximum absolute atomic E-state index is 12.5. The molecular weight excluding hydrogens is 308 g/mol. The zero-order valence-corrected chi connectivity index (χ0v) is 12.8. The second kappa shape index (κ2) is 5.95. The SMILES string of the molecule is O=C(O)c1ccc(C(=O)N2CCCC(c3nccs3)C2)s1. The molecule has 0 aliphatic carbocycles. The quantitative estimate of drug-likeness (QED) is 0.943. The molecule has 5 nitrogen and oxygen atoms in total. The predicted octanol–water partition coefficient (Wildman–Crippen LogP) is 2.92. The number of rotatable bonds is 3. The van der Waals surface area contributed by atoms with Crippen molar-refractivity contribution in [2.45, 2.75) is 18.8 Å². The number of carboxylic acid groups (broad SMARTS) is 1. The van der Waals surface area contributed by atoms with Crippen molar-refractivity contribution in [3.8, 4) is 0 Å². The molecule has 1 N–H and O–H groups in total. The molecule has 7 heteroatoms. The van der Waals surface area contributed by atoms with Gasteiger partial charge in [-0.2, -0.15) is 0 Å². The summed E-state index contributed by atoms with van der Waals surface area (Å²) in [6, 6.07) is 3.09. The number of carbonyl (C=O) groups excluding carboxylic acids is 1. The highest BCUT2D eigenvalue weighted by molar-refractivity contribution is 7.15. The monoisotopic (exact) mass is 322 g/mol. The maximum atomic E-state index is 12.5. The molecule has 1 atom stereocenters. The van der Waals surface area contributed by atoms with Crippen LogP contribution >= 0.6 is 22.7 Å². The second-order valence-corrected chi connectivity index (χ2v) is 6.94. The summed E-state index contributed by atoms with van der Waals surface area (Å²) in [7, 11) is 0. The predicted molar refractivity (Wildman–Crippen MR) is 81.3 cm³/mol. The van der Waals surface area contributed by atoms with Gasteiger partial charge in [0.2, 0.25) is 0 Å². The van der Waals surface area contributed by atoms with Crippen LogP contribution in [0, 0.1) is 0 Å². The van der Waals surface area contributed by atoms with Crippen molar-refractivity contribution < 1.29 is 14.7 Å². The van der Waals surface area contributed by atoms with Crippen LogP contribution in [0.1, 0.15) is 43.1 Å². The van der Waals surface area contributed by atoms with Gasteiger partial charge >= 0.3 is 5.97 Å². The summed E-state index contributed by atoms with van der Waals surface area (Å²) in [6.45, 7) is 1.38. The Morgan fingerprint density at radius 1 is 1.33 bits per heavy atom. The van der Waals surface area contributed by atoms with Crippen LogP contribution in [0.3, 0.4) is 0 Å². The first-order chi connectivity index (χ1) is 10.1. The van der Waals surface area contributed by atoms with Gasteiger partial charge in [0.05, 0.1) is 9.88 Å². The minimum Gasteiger partial charge on any atom is -0.477 e. The summed E-state index contributed by atoms with van der Waals surface area (Å²) in [4.78, 5) is 30.2. The normalized spacial score (nSPS) is 18.7. The molecule has 0 bridgehead atoms. The number of thiophene rings is 1. The smallest absolute Gasteiger partial charge is 0.345 e. The van der Waals surface area contributed by atoms with Gasteiger partial charge in [0.15, 0.2) is 0 Å². The Kier molecular flexibility index (Phi) is 4.03. The molecule has 0 aromatic carbocycles. The molecule has 1 unspecified atom stereocenters. The van der Waals surface area contributed by atoms with Crippen molar-refractivity contribution in [1.29, 1.82) is 0 Å². The van der Waals surface area contributed by atoms with Crippen LogP contribution in [0.4, 0.5) is 0 Å². The third-order valence-electron chi connectivity index (χ3n) is 3.54. The number of nitrogens with zero attached hydrogens (tertiary/aromatic N) is 2. The zero-order valence-electron chi connectivity index (χ0n) is 11.2. The average molecular weight is 322 g/mol. The molecule has 1 aliphatic rings. The molecule has 2 aromatic rings. The van der Waals surface area contributed by atoms with Crippen molar-refractivity contribution in [2.75, 3.05) is 13.1 Å². The number of hydrogen-bond acceptors (Lipinski definition) is 5. The number of aromatic carboxylic acids is 1. The van der Waals surface area contributed by atoms with E-state index in [1.54, 1.807) is 23.6 Å². The van der Waals surface area contributed by atoms with E-state index < -0.39 is 5.97 Å². The number of likely N-dealkylation sites (tertiary alicyclic amines) is 1. The molecule has 3 heterocycles. The first kappa shape index (κ1) is 14.2. The number of carbonyl (C=O) groups is 2. The molecule has 110 valence electrons. The largest absolute Gasteiger partial charge is 0.477 e. The highest BCUT2D eigenvalue weighted by atomic mass is 32.1. The van der Waals surface area contributed by atoms with Crippen molar-refractivity contribution >= 4 is 34.6 Å². The fraction of sp³-hybridized carbons (Fsp3) is 0.357. The Morgan fingerprint density at radius 3 is 2.81 bits per heavy atom. The number of carboxylic acids is 1. The van der Waals surface area contributed by atoms with Gasteiger partial charge in [-0.25, -0.2) is 9.78 Å². The van der Waals surface area contributed by atoms with E-state index in [-0.39, 0.29) is 10.8 Å². The van der Waals surface area contributed by atoms with Crippen LogP contribution in [-0.2, 0) is 0 Å². The number of aromatic nitrogens is 1. The van der Waals surface area contributed by atoms with E-state index in [0.717, 1.165) is 35.7 Å². The van der Waals surface area contributed by atoms with E-state index in [0.29, 0.717) is 17.3 Å². The Hall–Kier alpha value is -1.73. The summed E-state index contributed by atoms with van der Waals surface area (Å²) in [6.07, 6.45) is 3.79. The number of thiazole rings is 1. The lowest BCUT2D eigenvalue weighted by Crippen LogP contribution is -2.38. The van der Waals surface area contributed by atoms with Gasteiger partial charge in [0.1, 0.15) is 4.88 Å². The number of piperidine rings is 1. The minimum absolute atomic E-state index is 0.0752. The average Bonchev–Trinajstić information content (AvgIpc) is 3.18. The molecular formula is C14H14N2O3S2. The van der Waals surface area contributed by atoms with Crippen LogP contribution in [0.15, 0.2) is 23.7 Å². The second-order valence-electron chi connectivity index (χ2n) is 4.93. The lowest BCUT2D eigenvalue weighted by Gasteiger charge is -2.31. The Balaban J connectivity index is 1.73. The third-order valence-corrected chi connectivity index (χ3v) is 5.54. The van der Waals surface area contributed by atoms with E-state index in [1.807, 2.05) is 10.3 Å². The molecule has 0 spiro atoms. The van der Waals surface area contributed by atoms with Crippen LogP contribution in [0.5, 0.6) is 0 Å². The highest BCUT2D eigenvalue weighted by Crippen LogP contribution is 2.29. The number of hydrogen-bond donors (Lipinski definition) is 1. The molecule has 0 radical (unpaired) electrons. The fourth-order valence-corrected chi connectivity index (χ4v) is 4.10. The Morgan fingerprint density at radius 2 is 2.14 bits per heavy atom. The van der Waals surface area contributed by atoms with Crippen molar-refractivity contribution in [3.05, 3.63) is 38.5 Å². The van der Waals surface area contributed by atoms with E-state index in [4.69, 9.17) is 5.11 Å². The van der Waals surface area contributed by atoms with Crippen molar-refractivity contribution in [3.63, 3.8) is 0 Å². The van der Waals surface area contributed by atoms with Gasteiger partial charge in [0.25, 0.3) is 5.91 Å². The molecule has 2 aromatic heterocycles. The summed E-state index contributed by atoms with van der Waals surface area (Å²) < 4.78 is 0. The van der Waals surface area contributed by atoms with Gasteiger partial charge in [0, 0.05) is 30.6 Å². The highest BCUT2D eigenvalue weighted by Gasteiger charge is 2.27. The molecule has 21 heavy (non-hydrogen) atoms. The van der Waals surface area contributed by atoms with Crippen LogP contribution in [-0.4, -0.2) is 40.0 Å². The molecule has 1 aliphatic heterocycles. The lowest BCUT2D eigenvalue weighted by atomic mass is 9.98. The summed E-state index contributed by atoms with van der Waals surface area (Å²) in [5, 5.41) is 12.0. The van der Waals surface area contributed by atoms with Crippen molar-refractivity contribution in [2.24, 2.45) is 0 Å². The summed E-state index contributed by atoms with van der Waals surface area (Å²) in [5.74, 6) is -0.770. The van der Waals surface area contributed by atoms with E-state index in [2.05, 4.69) is 4.98 Å². The minimum atomic E-state index is -0.988. The van der Waals surface area contributed by atoms with Crippen LogP contribution in [0.25, 0.3) is 0 Å². The first-order valence-electron chi connectivity index (χ1n) is 6.67. The lowest BCUT2D eigenvalue weighted by molar-refractivity contribution is 0.0698. The van der Waals surface area contributed by atoms with Crippen LogP contribution < -0.4 is 0 Å². The van der Waals surface area contributed by atoms with Crippen molar-refractivity contribution in [1.82, 2.24) is 9.88 Å².